The Morgan fingerprint density at radius 2 is 2.19 bits per heavy atom. The van der Waals surface area contributed by atoms with E-state index < -0.39 is 0 Å². The third-order valence-corrected chi connectivity index (χ3v) is 4.16. The van der Waals surface area contributed by atoms with Gasteiger partial charge in [-0.2, -0.15) is 5.10 Å². The van der Waals surface area contributed by atoms with E-state index in [1.807, 2.05) is 24.3 Å². The maximum Gasteiger partial charge on any atom is 0.272 e. The summed E-state index contributed by atoms with van der Waals surface area (Å²) in [6.07, 6.45) is 0. The van der Waals surface area contributed by atoms with Gasteiger partial charge in [-0.1, -0.05) is 18.2 Å². The molecule has 1 aromatic heterocycles. The van der Waals surface area contributed by atoms with Gasteiger partial charge in [0.05, 0.1) is 5.52 Å². The number of amides is 1. The summed E-state index contributed by atoms with van der Waals surface area (Å²) in [5.41, 5.74) is 1.36. The Labute approximate surface area is 124 Å². The number of carbonyl (C=O) groups excluding carboxylic acids is 1. The Balaban J connectivity index is 1.66. The lowest BCUT2D eigenvalue weighted by molar-refractivity contribution is 0.0878. The highest BCUT2D eigenvalue weighted by molar-refractivity contribution is 6.04. The summed E-state index contributed by atoms with van der Waals surface area (Å²) < 4.78 is 0. The number of aromatic amines is 1. The van der Waals surface area contributed by atoms with Crippen molar-refractivity contribution in [1.82, 2.24) is 25.3 Å². The lowest BCUT2D eigenvalue weighted by Gasteiger charge is -2.37. The Bertz CT molecular complexity index is 638. The highest BCUT2D eigenvalue weighted by atomic mass is 16.1. The summed E-state index contributed by atoms with van der Waals surface area (Å²) in [5, 5.41) is 10.9. The van der Waals surface area contributed by atoms with Crippen molar-refractivity contribution in [2.75, 3.05) is 40.3 Å². The maximum absolute atomic E-state index is 12.3. The Hall–Kier alpha value is -1.92. The molecule has 0 saturated carbocycles. The molecule has 0 aliphatic carbocycles. The molecule has 0 radical (unpaired) electrons. The van der Waals surface area contributed by atoms with Crippen molar-refractivity contribution < 1.29 is 4.79 Å². The van der Waals surface area contributed by atoms with Crippen LogP contribution in [0.1, 0.15) is 10.5 Å². The number of hydrogen-bond donors (Lipinski definition) is 2. The number of carbonyl (C=O) groups is 1. The SMILES string of the molecule is CN1CCN(C)C(CNC(=O)c2n[nH]c3ccccc23)C1. The van der Waals surface area contributed by atoms with Crippen LogP contribution in [-0.2, 0) is 0 Å². The van der Waals surface area contributed by atoms with Gasteiger partial charge in [0.2, 0.25) is 0 Å². The second-order valence-electron chi connectivity index (χ2n) is 5.72. The van der Waals surface area contributed by atoms with Crippen LogP contribution in [0.5, 0.6) is 0 Å². The van der Waals surface area contributed by atoms with E-state index in [1.54, 1.807) is 0 Å². The third-order valence-electron chi connectivity index (χ3n) is 4.16. The van der Waals surface area contributed by atoms with Gasteiger partial charge in [-0.05, 0) is 20.2 Å². The van der Waals surface area contributed by atoms with Gasteiger partial charge in [0.25, 0.3) is 5.91 Å². The summed E-state index contributed by atoms with van der Waals surface area (Å²) in [6, 6.07) is 8.02. The molecule has 2 N–H and O–H groups in total. The van der Waals surface area contributed by atoms with Crippen LogP contribution in [0.25, 0.3) is 10.9 Å². The minimum absolute atomic E-state index is 0.117. The Morgan fingerprint density at radius 3 is 3.05 bits per heavy atom. The highest BCUT2D eigenvalue weighted by Crippen LogP contribution is 2.15. The number of H-pyrrole nitrogens is 1. The van der Waals surface area contributed by atoms with Crippen molar-refractivity contribution in [3.8, 4) is 0 Å². The molecule has 1 amide bonds. The molecule has 1 saturated heterocycles. The van der Waals surface area contributed by atoms with E-state index >= 15 is 0 Å². The first-order chi connectivity index (χ1) is 10.1. The first-order valence-corrected chi connectivity index (χ1v) is 7.25. The van der Waals surface area contributed by atoms with Crippen LogP contribution in [0.15, 0.2) is 24.3 Å². The summed E-state index contributed by atoms with van der Waals surface area (Å²) in [7, 11) is 4.22. The average molecular weight is 287 g/mol. The van der Waals surface area contributed by atoms with E-state index in [0.717, 1.165) is 30.5 Å². The lowest BCUT2D eigenvalue weighted by Crippen LogP contribution is -2.54. The molecule has 1 aliphatic heterocycles. The zero-order valence-corrected chi connectivity index (χ0v) is 12.5. The zero-order chi connectivity index (χ0) is 14.8. The predicted molar refractivity (Wildman–Crippen MR) is 82.3 cm³/mol. The molecule has 2 heterocycles. The highest BCUT2D eigenvalue weighted by Gasteiger charge is 2.23. The van der Waals surface area contributed by atoms with Gasteiger partial charge in [0.1, 0.15) is 0 Å². The fraction of sp³-hybridized carbons (Fsp3) is 0.467. The van der Waals surface area contributed by atoms with E-state index in [0.29, 0.717) is 18.3 Å². The molecular weight excluding hydrogens is 266 g/mol. The van der Waals surface area contributed by atoms with Crippen LogP contribution in [0.4, 0.5) is 0 Å². The second-order valence-corrected chi connectivity index (χ2v) is 5.72. The van der Waals surface area contributed by atoms with Crippen molar-refractivity contribution in [2.45, 2.75) is 6.04 Å². The van der Waals surface area contributed by atoms with Crippen molar-refractivity contribution in [2.24, 2.45) is 0 Å². The molecule has 1 aromatic carbocycles. The second kappa shape index (κ2) is 5.83. The molecule has 3 rings (SSSR count). The van der Waals surface area contributed by atoms with Gasteiger partial charge in [-0.15, -0.1) is 0 Å². The van der Waals surface area contributed by atoms with Gasteiger partial charge in [0.15, 0.2) is 5.69 Å². The number of rotatable bonds is 3. The molecule has 6 heteroatoms. The minimum Gasteiger partial charge on any atom is -0.349 e. The maximum atomic E-state index is 12.3. The number of fused-ring (bicyclic) bond motifs is 1. The van der Waals surface area contributed by atoms with Gasteiger partial charge in [-0.3, -0.25) is 14.8 Å². The first-order valence-electron chi connectivity index (χ1n) is 7.25. The molecule has 1 fully saturated rings. The lowest BCUT2D eigenvalue weighted by atomic mass is 10.1. The number of aromatic nitrogens is 2. The number of likely N-dealkylation sites (N-methyl/N-ethyl adjacent to an activating group) is 2. The number of piperazine rings is 1. The molecule has 1 aliphatic rings. The van der Waals surface area contributed by atoms with Crippen molar-refractivity contribution in [1.29, 1.82) is 0 Å². The normalized spacial score (nSPS) is 20.8. The quantitative estimate of drug-likeness (QED) is 0.865. The van der Waals surface area contributed by atoms with Crippen molar-refractivity contribution in [3.63, 3.8) is 0 Å². The van der Waals surface area contributed by atoms with Crippen LogP contribution in [-0.4, -0.2) is 72.2 Å². The monoisotopic (exact) mass is 287 g/mol. The summed E-state index contributed by atoms with van der Waals surface area (Å²) in [4.78, 5) is 16.9. The molecule has 112 valence electrons. The largest absolute Gasteiger partial charge is 0.349 e. The standard InChI is InChI=1S/C15H21N5O/c1-19-7-8-20(2)11(10-19)9-16-15(21)14-12-5-3-4-6-13(12)17-18-14/h3-6,11H,7-10H2,1-2H3,(H,16,21)(H,17,18). The average Bonchev–Trinajstić information content (AvgIpc) is 2.92. The minimum atomic E-state index is -0.117. The van der Waals surface area contributed by atoms with Crippen LogP contribution in [0.2, 0.25) is 0 Å². The van der Waals surface area contributed by atoms with Crippen LogP contribution in [0, 0.1) is 0 Å². The van der Waals surface area contributed by atoms with Crippen molar-refractivity contribution in [3.05, 3.63) is 30.0 Å². The number of nitrogens with zero attached hydrogens (tertiary/aromatic N) is 3. The molecular formula is C15H21N5O. The summed E-state index contributed by atoms with van der Waals surface area (Å²) in [6.45, 7) is 3.71. The fourth-order valence-electron chi connectivity index (χ4n) is 2.75. The van der Waals surface area contributed by atoms with E-state index in [-0.39, 0.29) is 5.91 Å². The molecule has 2 aromatic rings. The van der Waals surface area contributed by atoms with Gasteiger partial charge < -0.3 is 10.2 Å². The molecule has 21 heavy (non-hydrogen) atoms. The predicted octanol–water partition coefficient (Wildman–Crippen LogP) is 0.539. The van der Waals surface area contributed by atoms with Crippen LogP contribution in [0.3, 0.4) is 0 Å². The van der Waals surface area contributed by atoms with E-state index in [2.05, 4.69) is 39.4 Å². The zero-order valence-electron chi connectivity index (χ0n) is 12.5. The number of para-hydroxylation sites is 1. The number of benzene rings is 1. The van der Waals surface area contributed by atoms with E-state index in [4.69, 9.17) is 0 Å². The van der Waals surface area contributed by atoms with Crippen LogP contribution < -0.4 is 5.32 Å². The Morgan fingerprint density at radius 1 is 1.38 bits per heavy atom. The molecule has 1 atom stereocenters. The first kappa shape index (κ1) is 14.0. The molecule has 1 unspecified atom stereocenters. The number of nitrogens with one attached hydrogen (secondary N) is 2. The third kappa shape index (κ3) is 2.91. The molecule has 0 bridgehead atoms. The topological polar surface area (TPSA) is 64.3 Å². The summed E-state index contributed by atoms with van der Waals surface area (Å²) >= 11 is 0. The van der Waals surface area contributed by atoms with E-state index in [9.17, 15) is 4.79 Å². The van der Waals surface area contributed by atoms with Gasteiger partial charge in [-0.25, -0.2) is 0 Å². The fourth-order valence-corrected chi connectivity index (χ4v) is 2.75. The summed E-state index contributed by atoms with van der Waals surface area (Å²) in [5.74, 6) is -0.117. The molecule has 0 spiro atoms. The van der Waals surface area contributed by atoms with E-state index in [1.165, 1.54) is 0 Å². The van der Waals surface area contributed by atoms with Gasteiger partial charge >= 0.3 is 0 Å². The Kier molecular flexibility index (Phi) is 3.90. The smallest absolute Gasteiger partial charge is 0.272 e. The van der Waals surface area contributed by atoms with Crippen molar-refractivity contribution >= 4 is 16.8 Å². The number of hydrogen-bond acceptors (Lipinski definition) is 4. The van der Waals surface area contributed by atoms with Gasteiger partial charge in [0, 0.05) is 37.6 Å². The van der Waals surface area contributed by atoms with Crippen LogP contribution >= 0.6 is 0 Å². The molecule has 6 nitrogen and oxygen atoms in total.